The van der Waals surface area contributed by atoms with Crippen LogP contribution in [0.3, 0.4) is 0 Å². The lowest BCUT2D eigenvalue weighted by atomic mass is 10.2. The van der Waals surface area contributed by atoms with Crippen LogP contribution in [0.2, 0.25) is 10.0 Å². The zero-order valence-corrected chi connectivity index (χ0v) is 13.3. The zero-order chi connectivity index (χ0) is 15.8. The van der Waals surface area contributed by atoms with Gasteiger partial charge in [0.15, 0.2) is 0 Å². The molecule has 116 valence electrons. The van der Waals surface area contributed by atoms with Gasteiger partial charge >= 0.3 is 5.97 Å². The molecule has 21 heavy (non-hydrogen) atoms. The molecule has 1 heterocycles. The molecule has 2 atom stereocenters. The number of ether oxygens (including phenoxy) is 1. The molecule has 1 saturated heterocycles. The minimum atomic E-state index is -4.07. The van der Waals surface area contributed by atoms with Gasteiger partial charge in [0, 0.05) is 20.1 Å². The molecular formula is C12H13Cl2NO5S. The molecule has 9 heteroatoms. The van der Waals surface area contributed by atoms with Crippen molar-refractivity contribution in [1.82, 2.24) is 4.31 Å². The van der Waals surface area contributed by atoms with Crippen LogP contribution in [0.1, 0.15) is 6.42 Å². The van der Waals surface area contributed by atoms with Crippen molar-refractivity contribution in [3.05, 3.63) is 28.2 Å². The minimum absolute atomic E-state index is 0.0430. The molecule has 0 bridgehead atoms. The van der Waals surface area contributed by atoms with Gasteiger partial charge in [-0.2, -0.15) is 4.31 Å². The van der Waals surface area contributed by atoms with Crippen LogP contribution in [0.25, 0.3) is 0 Å². The SMILES string of the molecule is COC1CC(C(=O)O)N(S(=O)(=O)c2cccc(Cl)c2Cl)C1. The normalized spacial score (nSPS) is 23.4. The standard InChI is InChI=1S/C12H13Cl2NO5S/c1-20-7-5-9(12(16)17)15(6-7)21(18,19)10-4-2-3-8(13)11(10)14/h2-4,7,9H,5-6H2,1H3,(H,16,17). The van der Waals surface area contributed by atoms with Crippen LogP contribution in [0.15, 0.2) is 23.1 Å². The van der Waals surface area contributed by atoms with Crippen molar-refractivity contribution in [1.29, 1.82) is 0 Å². The van der Waals surface area contributed by atoms with E-state index in [1.165, 1.54) is 25.3 Å². The van der Waals surface area contributed by atoms with Crippen molar-refractivity contribution in [2.75, 3.05) is 13.7 Å². The fourth-order valence-corrected chi connectivity index (χ4v) is 4.60. The second-order valence-electron chi connectivity index (χ2n) is 4.57. The van der Waals surface area contributed by atoms with Crippen molar-refractivity contribution in [3.63, 3.8) is 0 Å². The summed E-state index contributed by atoms with van der Waals surface area (Å²) in [6.07, 6.45) is -0.387. The van der Waals surface area contributed by atoms with Gasteiger partial charge in [-0.1, -0.05) is 29.3 Å². The maximum Gasteiger partial charge on any atom is 0.322 e. The van der Waals surface area contributed by atoms with Crippen molar-refractivity contribution in [3.8, 4) is 0 Å². The summed E-state index contributed by atoms with van der Waals surface area (Å²) < 4.78 is 31.3. The van der Waals surface area contributed by atoms with E-state index >= 15 is 0 Å². The lowest BCUT2D eigenvalue weighted by Crippen LogP contribution is -2.40. The Labute approximate surface area is 132 Å². The Balaban J connectivity index is 2.47. The summed E-state index contributed by atoms with van der Waals surface area (Å²) in [5.41, 5.74) is 0. The third kappa shape index (κ3) is 3.02. The first-order valence-corrected chi connectivity index (χ1v) is 8.20. The largest absolute Gasteiger partial charge is 0.480 e. The summed E-state index contributed by atoms with van der Waals surface area (Å²) in [7, 11) is -2.66. The second kappa shape index (κ2) is 6.10. The third-order valence-corrected chi connectivity index (χ3v) is 6.19. The highest BCUT2D eigenvalue weighted by molar-refractivity contribution is 7.89. The van der Waals surface area contributed by atoms with Gasteiger partial charge in [-0.3, -0.25) is 4.79 Å². The lowest BCUT2D eigenvalue weighted by molar-refractivity contribution is -0.140. The quantitative estimate of drug-likeness (QED) is 0.892. The third-order valence-electron chi connectivity index (χ3n) is 3.34. The monoisotopic (exact) mass is 353 g/mol. The number of rotatable bonds is 4. The van der Waals surface area contributed by atoms with Gasteiger partial charge in [0.05, 0.1) is 16.1 Å². The number of hydrogen-bond acceptors (Lipinski definition) is 4. The molecule has 2 rings (SSSR count). The molecule has 1 fully saturated rings. The number of methoxy groups -OCH3 is 1. The van der Waals surface area contributed by atoms with E-state index in [0.717, 1.165) is 4.31 Å². The maximum absolute atomic E-state index is 12.6. The van der Waals surface area contributed by atoms with E-state index in [1.54, 1.807) is 0 Å². The zero-order valence-electron chi connectivity index (χ0n) is 11.0. The van der Waals surface area contributed by atoms with E-state index < -0.39 is 28.1 Å². The van der Waals surface area contributed by atoms with Crippen LogP contribution in [-0.2, 0) is 19.6 Å². The van der Waals surface area contributed by atoms with E-state index in [-0.39, 0.29) is 27.9 Å². The van der Waals surface area contributed by atoms with Crippen LogP contribution in [0.5, 0.6) is 0 Å². The van der Waals surface area contributed by atoms with Crippen LogP contribution in [-0.4, -0.2) is 49.6 Å². The molecule has 0 saturated carbocycles. The molecule has 1 aromatic rings. The van der Waals surface area contributed by atoms with Gasteiger partial charge < -0.3 is 9.84 Å². The fourth-order valence-electron chi connectivity index (χ4n) is 2.24. The van der Waals surface area contributed by atoms with E-state index in [2.05, 4.69) is 0 Å². The number of halogens is 2. The predicted molar refractivity (Wildman–Crippen MR) is 77.2 cm³/mol. The number of carboxylic acid groups (broad SMARTS) is 1. The summed E-state index contributed by atoms with van der Waals surface area (Å²) in [6, 6.07) is 3.01. The Hall–Kier alpha value is -0.860. The van der Waals surface area contributed by atoms with E-state index in [0.29, 0.717) is 0 Å². The van der Waals surface area contributed by atoms with Crippen LogP contribution in [0.4, 0.5) is 0 Å². The average Bonchev–Trinajstić information content (AvgIpc) is 2.87. The van der Waals surface area contributed by atoms with Crippen LogP contribution >= 0.6 is 23.2 Å². The Morgan fingerprint density at radius 3 is 2.67 bits per heavy atom. The number of carbonyl (C=O) groups is 1. The van der Waals surface area contributed by atoms with Gasteiger partial charge in [-0.25, -0.2) is 8.42 Å². The summed E-state index contributed by atoms with van der Waals surface area (Å²) in [5, 5.41) is 9.18. The summed E-state index contributed by atoms with van der Waals surface area (Å²) in [6.45, 7) is -0.0430. The number of carboxylic acids is 1. The van der Waals surface area contributed by atoms with Crippen LogP contribution in [0, 0.1) is 0 Å². The van der Waals surface area contributed by atoms with Gasteiger partial charge in [-0.15, -0.1) is 0 Å². The summed E-state index contributed by atoms with van der Waals surface area (Å²) >= 11 is 11.8. The predicted octanol–water partition coefficient (Wildman–Crippen LogP) is 1.86. The number of nitrogens with zero attached hydrogens (tertiary/aromatic N) is 1. The number of benzene rings is 1. The van der Waals surface area contributed by atoms with E-state index in [9.17, 15) is 18.3 Å². The van der Waals surface area contributed by atoms with Gasteiger partial charge in [0.25, 0.3) is 0 Å². The van der Waals surface area contributed by atoms with Crippen molar-refractivity contribution in [2.24, 2.45) is 0 Å². The van der Waals surface area contributed by atoms with Gasteiger partial charge in [-0.05, 0) is 12.1 Å². The lowest BCUT2D eigenvalue weighted by Gasteiger charge is -2.21. The molecule has 1 aliphatic rings. The molecular weight excluding hydrogens is 341 g/mol. The Kier molecular flexibility index (Phi) is 4.79. The summed E-state index contributed by atoms with van der Waals surface area (Å²) in [5.74, 6) is -1.23. The molecule has 0 aliphatic carbocycles. The molecule has 1 aromatic carbocycles. The molecule has 0 amide bonds. The first-order valence-electron chi connectivity index (χ1n) is 6.00. The average molecular weight is 354 g/mol. The second-order valence-corrected chi connectivity index (χ2v) is 7.22. The highest BCUT2D eigenvalue weighted by Crippen LogP contribution is 2.34. The highest BCUT2D eigenvalue weighted by atomic mass is 35.5. The Bertz CT molecular complexity index is 664. The molecule has 0 spiro atoms. The highest BCUT2D eigenvalue weighted by Gasteiger charge is 2.44. The van der Waals surface area contributed by atoms with Gasteiger partial charge in [0.1, 0.15) is 10.9 Å². The first kappa shape index (κ1) is 16.5. The van der Waals surface area contributed by atoms with Crippen molar-refractivity contribution in [2.45, 2.75) is 23.5 Å². The van der Waals surface area contributed by atoms with Crippen molar-refractivity contribution < 1.29 is 23.1 Å². The van der Waals surface area contributed by atoms with Gasteiger partial charge in [0.2, 0.25) is 10.0 Å². The molecule has 1 N–H and O–H groups in total. The van der Waals surface area contributed by atoms with Crippen LogP contribution < -0.4 is 0 Å². The molecule has 6 nitrogen and oxygen atoms in total. The maximum atomic E-state index is 12.6. The molecule has 0 aromatic heterocycles. The number of hydrogen-bond donors (Lipinski definition) is 1. The minimum Gasteiger partial charge on any atom is -0.480 e. The Morgan fingerprint density at radius 2 is 2.10 bits per heavy atom. The summed E-state index contributed by atoms with van der Waals surface area (Å²) in [4.78, 5) is 11.1. The van der Waals surface area contributed by atoms with E-state index in [4.69, 9.17) is 27.9 Å². The first-order chi connectivity index (χ1) is 9.78. The molecule has 0 radical (unpaired) electrons. The molecule has 2 unspecified atom stereocenters. The number of sulfonamides is 1. The Morgan fingerprint density at radius 1 is 1.43 bits per heavy atom. The number of aliphatic carboxylic acids is 1. The van der Waals surface area contributed by atoms with E-state index in [1.807, 2.05) is 0 Å². The topological polar surface area (TPSA) is 83.9 Å². The fraction of sp³-hybridized carbons (Fsp3) is 0.417. The smallest absolute Gasteiger partial charge is 0.322 e. The molecule has 1 aliphatic heterocycles. The van der Waals surface area contributed by atoms with Crippen molar-refractivity contribution >= 4 is 39.2 Å².